The zero-order chi connectivity index (χ0) is 18.5. The molecule has 0 saturated carbocycles. The first-order valence-corrected chi connectivity index (χ1v) is 9.15. The zero-order valence-electron chi connectivity index (χ0n) is 15.7. The minimum Gasteiger partial charge on any atom is -0.382 e. The van der Waals surface area contributed by atoms with Crippen molar-refractivity contribution < 1.29 is 18.8 Å². The highest BCUT2D eigenvalue weighted by Crippen LogP contribution is 2.09. The molecule has 25 heavy (non-hydrogen) atoms. The number of amides is 2. The van der Waals surface area contributed by atoms with Gasteiger partial charge in [-0.05, 0) is 26.7 Å². The van der Waals surface area contributed by atoms with Gasteiger partial charge >= 0.3 is 0 Å². The lowest BCUT2D eigenvalue weighted by Gasteiger charge is -2.22. The lowest BCUT2D eigenvalue weighted by Crippen LogP contribution is -2.39. The maximum absolute atomic E-state index is 12.4. The molecule has 0 fully saturated rings. The third-order valence-corrected chi connectivity index (χ3v) is 3.75. The Bertz CT molecular complexity index is 516. The molecule has 7 nitrogen and oxygen atoms in total. The Hall–Kier alpha value is -1.89. The molecule has 1 rings (SSSR count). The molecule has 0 aliphatic carbocycles. The van der Waals surface area contributed by atoms with Gasteiger partial charge in [-0.3, -0.25) is 9.59 Å². The zero-order valence-corrected chi connectivity index (χ0v) is 15.7. The van der Waals surface area contributed by atoms with Crippen LogP contribution in [0.25, 0.3) is 0 Å². The number of anilines is 1. The Morgan fingerprint density at radius 2 is 2.04 bits per heavy atom. The van der Waals surface area contributed by atoms with E-state index in [0.717, 1.165) is 25.7 Å². The number of hydrogen-bond acceptors (Lipinski definition) is 5. The van der Waals surface area contributed by atoms with Crippen molar-refractivity contribution in [1.29, 1.82) is 0 Å². The molecule has 142 valence electrons. The number of nitrogens with one attached hydrogen (secondary N) is 1. The smallest absolute Gasteiger partial charge is 0.245 e. The average Bonchev–Trinajstić information content (AvgIpc) is 2.99. The van der Waals surface area contributed by atoms with Crippen LogP contribution < -0.4 is 5.32 Å². The van der Waals surface area contributed by atoms with Gasteiger partial charge in [0.25, 0.3) is 0 Å². The van der Waals surface area contributed by atoms with E-state index in [2.05, 4.69) is 17.4 Å². The van der Waals surface area contributed by atoms with Gasteiger partial charge in [0.1, 0.15) is 5.76 Å². The first-order valence-electron chi connectivity index (χ1n) is 9.15. The Labute approximate surface area is 150 Å². The summed E-state index contributed by atoms with van der Waals surface area (Å²) in [5.74, 6) is 0.730. The molecule has 0 bridgehead atoms. The van der Waals surface area contributed by atoms with Gasteiger partial charge in [-0.1, -0.05) is 31.3 Å². The van der Waals surface area contributed by atoms with Gasteiger partial charge in [0.05, 0.1) is 6.54 Å². The summed E-state index contributed by atoms with van der Waals surface area (Å²) in [6, 6.07) is 1.64. The molecule has 0 aromatic carbocycles. The van der Waals surface area contributed by atoms with Gasteiger partial charge in [-0.25, -0.2) is 0 Å². The van der Waals surface area contributed by atoms with Crippen LogP contribution in [0.3, 0.4) is 0 Å². The highest BCUT2D eigenvalue weighted by molar-refractivity contribution is 5.93. The maximum Gasteiger partial charge on any atom is 0.245 e. The second kappa shape index (κ2) is 12.5. The lowest BCUT2D eigenvalue weighted by atomic mass is 10.1. The van der Waals surface area contributed by atoms with Crippen LogP contribution in [0.2, 0.25) is 0 Å². The van der Waals surface area contributed by atoms with E-state index >= 15 is 0 Å². The SMILES string of the molecule is CCCCCCC(=O)N(CCCOCC)CC(=O)Nc1cc(C)on1. The van der Waals surface area contributed by atoms with E-state index in [9.17, 15) is 9.59 Å². The molecule has 0 saturated heterocycles. The Morgan fingerprint density at radius 3 is 2.68 bits per heavy atom. The highest BCUT2D eigenvalue weighted by atomic mass is 16.5. The third-order valence-electron chi connectivity index (χ3n) is 3.75. The van der Waals surface area contributed by atoms with Crippen molar-refractivity contribution in [3.05, 3.63) is 11.8 Å². The lowest BCUT2D eigenvalue weighted by molar-refractivity contribution is -0.135. The molecular formula is C18H31N3O4. The van der Waals surface area contributed by atoms with Gasteiger partial charge in [0.15, 0.2) is 5.82 Å². The van der Waals surface area contributed by atoms with Crippen LogP contribution in [0.1, 0.15) is 58.1 Å². The molecule has 0 radical (unpaired) electrons. The fourth-order valence-electron chi connectivity index (χ4n) is 2.44. The van der Waals surface area contributed by atoms with E-state index in [1.807, 2.05) is 6.92 Å². The Balaban J connectivity index is 2.49. The Kier molecular flexibility index (Phi) is 10.6. The summed E-state index contributed by atoms with van der Waals surface area (Å²) in [6.45, 7) is 7.59. The van der Waals surface area contributed by atoms with Crippen LogP contribution >= 0.6 is 0 Å². The van der Waals surface area contributed by atoms with Gasteiger partial charge < -0.3 is 19.5 Å². The van der Waals surface area contributed by atoms with Crippen molar-refractivity contribution in [2.45, 2.75) is 59.3 Å². The van der Waals surface area contributed by atoms with Gasteiger partial charge in [0, 0.05) is 32.2 Å². The molecule has 2 amide bonds. The molecule has 0 aliphatic rings. The minimum atomic E-state index is -0.272. The van der Waals surface area contributed by atoms with Gasteiger partial charge in [-0.2, -0.15) is 0 Å². The standard InChI is InChI=1S/C18H31N3O4/c1-4-6-7-8-10-18(23)21(11-9-12-24-5-2)14-17(22)19-16-13-15(3)25-20-16/h13H,4-12,14H2,1-3H3,(H,19,20,22). The van der Waals surface area contributed by atoms with Crippen LogP contribution in [0.15, 0.2) is 10.6 Å². The van der Waals surface area contributed by atoms with E-state index in [0.29, 0.717) is 44.2 Å². The van der Waals surface area contributed by atoms with Crippen LogP contribution in [0.5, 0.6) is 0 Å². The molecular weight excluding hydrogens is 322 g/mol. The van der Waals surface area contributed by atoms with E-state index in [-0.39, 0.29) is 18.4 Å². The first-order chi connectivity index (χ1) is 12.1. The predicted molar refractivity (Wildman–Crippen MR) is 96.3 cm³/mol. The molecule has 0 unspecified atom stereocenters. The number of nitrogens with zero attached hydrogens (tertiary/aromatic N) is 2. The van der Waals surface area contributed by atoms with Gasteiger partial charge in [-0.15, -0.1) is 0 Å². The first kappa shape index (κ1) is 21.2. The van der Waals surface area contributed by atoms with Crippen molar-refractivity contribution in [3.8, 4) is 0 Å². The van der Waals surface area contributed by atoms with E-state index < -0.39 is 0 Å². The number of hydrogen-bond donors (Lipinski definition) is 1. The fourth-order valence-corrected chi connectivity index (χ4v) is 2.44. The van der Waals surface area contributed by atoms with Crippen molar-refractivity contribution >= 4 is 17.6 Å². The predicted octanol–water partition coefficient (Wildman–Crippen LogP) is 3.15. The van der Waals surface area contributed by atoms with Crippen LogP contribution in [0, 0.1) is 6.92 Å². The molecule has 1 aromatic rings. The number of carbonyl (C=O) groups is 2. The van der Waals surface area contributed by atoms with Crippen LogP contribution in [0.4, 0.5) is 5.82 Å². The van der Waals surface area contributed by atoms with Crippen molar-refractivity contribution in [1.82, 2.24) is 10.1 Å². The average molecular weight is 353 g/mol. The summed E-state index contributed by atoms with van der Waals surface area (Å²) in [7, 11) is 0. The molecule has 0 atom stereocenters. The monoisotopic (exact) mass is 353 g/mol. The van der Waals surface area contributed by atoms with Crippen LogP contribution in [-0.2, 0) is 14.3 Å². The molecule has 0 aliphatic heterocycles. The number of aromatic nitrogens is 1. The Morgan fingerprint density at radius 1 is 1.24 bits per heavy atom. The molecule has 1 N–H and O–H groups in total. The van der Waals surface area contributed by atoms with Crippen molar-refractivity contribution in [3.63, 3.8) is 0 Å². The highest BCUT2D eigenvalue weighted by Gasteiger charge is 2.17. The minimum absolute atomic E-state index is 0.0130. The molecule has 1 aromatic heterocycles. The summed E-state index contributed by atoms with van der Waals surface area (Å²) in [6.07, 6.45) is 5.35. The normalized spacial score (nSPS) is 10.7. The molecule has 7 heteroatoms. The van der Waals surface area contributed by atoms with E-state index in [1.165, 1.54) is 0 Å². The number of rotatable bonds is 13. The van der Waals surface area contributed by atoms with Crippen molar-refractivity contribution in [2.24, 2.45) is 0 Å². The maximum atomic E-state index is 12.4. The number of aryl methyl sites for hydroxylation is 1. The fraction of sp³-hybridized carbons (Fsp3) is 0.722. The number of unbranched alkanes of at least 4 members (excludes halogenated alkanes) is 3. The summed E-state index contributed by atoms with van der Waals surface area (Å²) >= 11 is 0. The quantitative estimate of drug-likeness (QED) is 0.551. The van der Waals surface area contributed by atoms with Crippen LogP contribution in [-0.4, -0.2) is 48.2 Å². The summed E-state index contributed by atoms with van der Waals surface area (Å²) < 4.78 is 10.2. The summed E-state index contributed by atoms with van der Waals surface area (Å²) in [5, 5.41) is 6.39. The summed E-state index contributed by atoms with van der Waals surface area (Å²) in [5.41, 5.74) is 0. The number of ether oxygens (including phenoxy) is 1. The molecule has 1 heterocycles. The molecule has 0 spiro atoms. The number of carbonyl (C=O) groups excluding carboxylic acids is 2. The topological polar surface area (TPSA) is 84.7 Å². The second-order valence-corrected chi connectivity index (χ2v) is 6.05. The second-order valence-electron chi connectivity index (χ2n) is 6.05. The third kappa shape index (κ3) is 9.24. The summed E-state index contributed by atoms with van der Waals surface area (Å²) in [4.78, 5) is 26.2. The van der Waals surface area contributed by atoms with E-state index in [4.69, 9.17) is 9.26 Å². The van der Waals surface area contributed by atoms with E-state index in [1.54, 1.807) is 17.9 Å². The van der Waals surface area contributed by atoms with Gasteiger partial charge in [0.2, 0.25) is 11.8 Å². The van der Waals surface area contributed by atoms with Crippen molar-refractivity contribution in [2.75, 3.05) is 31.6 Å². The largest absolute Gasteiger partial charge is 0.382 e.